The maximum Gasteiger partial charge on any atom is 0.293 e. The van der Waals surface area contributed by atoms with Gasteiger partial charge in [0.15, 0.2) is 0 Å². The summed E-state index contributed by atoms with van der Waals surface area (Å²) in [6.07, 6.45) is 2.41. The highest BCUT2D eigenvalue weighted by Crippen LogP contribution is 2.22. The van der Waals surface area contributed by atoms with E-state index in [4.69, 9.17) is 0 Å². The van der Waals surface area contributed by atoms with E-state index in [0.717, 1.165) is 23.4 Å². The van der Waals surface area contributed by atoms with Gasteiger partial charge in [0, 0.05) is 11.9 Å². The number of fused-ring (bicyclic) bond motifs is 1. The molecule has 0 saturated carbocycles. The van der Waals surface area contributed by atoms with Crippen LogP contribution >= 0.6 is 0 Å². The van der Waals surface area contributed by atoms with Crippen LogP contribution in [0.5, 0.6) is 0 Å². The predicted molar refractivity (Wildman–Crippen MR) is 120 cm³/mol. The van der Waals surface area contributed by atoms with Crippen molar-refractivity contribution in [3.63, 3.8) is 0 Å². The average molecular weight is 415 g/mol. The van der Waals surface area contributed by atoms with Crippen LogP contribution in [0.15, 0.2) is 71.7 Å². The number of nitrogens with zero attached hydrogens (tertiary/aromatic N) is 4. The number of amides is 1. The number of aromatic nitrogens is 4. The molecule has 0 radical (unpaired) electrons. The summed E-state index contributed by atoms with van der Waals surface area (Å²) in [6.45, 7) is 4.38. The molecule has 0 aliphatic heterocycles. The van der Waals surface area contributed by atoms with E-state index < -0.39 is 0 Å². The SMILES string of the molecule is CC(C)c1nn(CC(=O)NCCc2ccccc2)c(=O)c2c1cnn2-c1ccccc1. The van der Waals surface area contributed by atoms with Crippen LogP contribution in [0.1, 0.15) is 31.0 Å². The third-order valence-corrected chi connectivity index (χ3v) is 5.13. The number of carbonyl (C=O) groups excluding carboxylic acids is 1. The van der Waals surface area contributed by atoms with Crippen LogP contribution in [0, 0.1) is 0 Å². The Kier molecular flexibility index (Phi) is 5.93. The molecule has 2 aromatic carbocycles. The number of nitrogens with one attached hydrogen (secondary N) is 1. The molecular formula is C24H25N5O2. The first-order valence-electron chi connectivity index (χ1n) is 10.4. The lowest BCUT2D eigenvalue weighted by Crippen LogP contribution is -2.35. The number of carbonyl (C=O) groups is 1. The molecule has 7 heteroatoms. The van der Waals surface area contributed by atoms with Crippen LogP contribution in [0.3, 0.4) is 0 Å². The van der Waals surface area contributed by atoms with Crippen LogP contribution in [0.25, 0.3) is 16.6 Å². The highest BCUT2D eigenvalue weighted by Gasteiger charge is 2.19. The van der Waals surface area contributed by atoms with Gasteiger partial charge >= 0.3 is 0 Å². The van der Waals surface area contributed by atoms with Gasteiger partial charge in [-0.2, -0.15) is 10.2 Å². The predicted octanol–water partition coefficient (Wildman–Crippen LogP) is 3.06. The molecule has 158 valence electrons. The molecule has 2 aromatic heterocycles. The molecule has 7 nitrogen and oxygen atoms in total. The molecule has 0 aliphatic rings. The Balaban J connectivity index is 1.62. The minimum Gasteiger partial charge on any atom is -0.354 e. The number of benzene rings is 2. The molecule has 0 atom stereocenters. The second kappa shape index (κ2) is 8.95. The smallest absolute Gasteiger partial charge is 0.293 e. The fourth-order valence-electron chi connectivity index (χ4n) is 3.57. The molecule has 0 unspecified atom stereocenters. The van der Waals surface area contributed by atoms with Crippen LogP contribution in [-0.2, 0) is 17.8 Å². The van der Waals surface area contributed by atoms with Gasteiger partial charge in [0.05, 0.1) is 17.6 Å². The Hall–Kier alpha value is -3.74. The summed E-state index contributed by atoms with van der Waals surface area (Å²) in [5, 5.41) is 12.5. The summed E-state index contributed by atoms with van der Waals surface area (Å²) in [6, 6.07) is 19.4. The zero-order valence-corrected chi connectivity index (χ0v) is 17.7. The van der Waals surface area contributed by atoms with Crippen molar-refractivity contribution in [2.45, 2.75) is 32.7 Å². The molecule has 4 rings (SSSR count). The van der Waals surface area contributed by atoms with Crippen LogP contribution in [0.2, 0.25) is 0 Å². The highest BCUT2D eigenvalue weighted by atomic mass is 16.2. The van der Waals surface area contributed by atoms with Crippen molar-refractivity contribution in [3.8, 4) is 5.69 Å². The molecule has 0 saturated heterocycles. The first kappa shape index (κ1) is 20.5. The van der Waals surface area contributed by atoms with E-state index in [1.807, 2.05) is 74.5 Å². The van der Waals surface area contributed by atoms with Crippen LogP contribution in [0.4, 0.5) is 0 Å². The maximum absolute atomic E-state index is 13.2. The quantitative estimate of drug-likeness (QED) is 0.503. The molecule has 0 bridgehead atoms. The Morgan fingerprint density at radius 2 is 1.71 bits per heavy atom. The van der Waals surface area contributed by atoms with Gasteiger partial charge in [-0.3, -0.25) is 9.59 Å². The van der Waals surface area contributed by atoms with Gasteiger partial charge in [0.1, 0.15) is 12.1 Å². The summed E-state index contributed by atoms with van der Waals surface area (Å²) in [5.74, 6) is -0.172. The van der Waals surface area contributed by atoms with Gasteiger partial charge in [0.2, 0.25) is 5.91 Å². The van der Waals surface area contributed by atoms with E-state index in [1.165, 1.54) is 4.68 Å². The van der Waals surface area contributed by atoms with Crippen molar-refractivity contribution in [2.24, 2.45) is 0 Å². The lowest BCUT2D eigenvalue weighted by Gasteiger charge is -2.12. The van der Waals surface area contributed by atoms with Crippen molar-refractivity contribution in [3.05, 3.63) is 88.5 Å². The molecular weight excluding hydrogens is 390 g/mol. The molecule has 1 amide bonds. The largest absolute Gasteiger partial charge is 0.354 e. The Morgan fingerprint density at radius 3 is 2.39 bits per heavy atom. The first-order valence-corrected chi connectivity index (χ1v) is 10.4. The minimum atomic E-state index is -0.334. The number of hydrogen-bond acceptors (Lipinski definition) is 4. The average Bonchev–Trinajstić information content (AvgIpc) is 3.22. The molecule has 1 N–H and O–H groups in total. The number of hydrogen-bond donors (Lipinski definition) is 1. The van der Waals surface area contributed by atoms with Gasteiger partial charge in [-0.1, -0.05) is 62.4 Å². The highest BCUT2D eigenvalue weighted by molar-refractivity contribution is 5.82. The lowest BCUT2D eigenvalue weighted by molar-refractivity contribution is -0.121. The summed E-state index contributed by atoms with van der Waals surface area (Å²) in [7, 11) is 0. The fourth-order valence-corrected chi connectivity index (χ4v) is 3.57. The Morgan fingerprint density at radius 1 is 1.03 bits per heavy atom. The molecule has 0 aliphatic carbocycles. The second-order valence-electron chi connectivity index (χ2n) is 7.74. The standard InChI is InChI=1S/C24H25N5O2/c1-17(2)22-20-15-26-29(19-11-7-4-8-12-19)23(20)24(31)28(27-22)16-21(30)25-14-13-18-9-5-3-6-10-18/h3-12,15,17H,13-14,16H2,1-2H3,(H,25,30). The minimum absolute atomic E-state index is 0.0731. The molecule has 31 heavy (non-hydrogen) atoms. The van der Waals surface area contributed by atoms with Crippen molar-refractivity contribution in [2.75, 3.05) is 6.54 Å². The van der Waals surface area contributed by atoms with E-state index in [-0.39, 0.29) is 23.9 Å². The lowest BCUT2D eigenvalue weighted by atomic mass is 10.1. The zero-order valence-electron chi connectivity index (χ0n) is 17.7. The summed E-state index contributed by atoms with van der Waals surface area (Å²) < 4.78 is 2.87. The van der Waals surface area contributed by atoms with E-state index in [9.17, 15) is 9.59 Å². The van der Waals surface area contributed by atoms with Gasteiger partial charge in [0.25, 0.3) is 5.56 Å². The topological polar surface area (TPSA) is 81.8 Å². The molecule has 0 spiro atoms. The first-order chi connectivity index (χ1) is 15.0. The van der Waals surface area contributed by atoms with Crippen molar-refractivity contribution in [1.82, 2.24) is 24.9 Å². The number of para-hydroxylation sites is 1. The maximum atomic E-state index is 13.2. The normalized spacial score (nSPS) is 11.2. The van der Waals surface area contributed by atoms with E-state index in [2.05, 4.69) is 15.5 Å². The monoisotopic (exact) mass is 415 g/mol. The van der Waals surface area contributed by atoms with E-state index >= 15 is 0 Å². The zero-order chi connectivity index (χ0) is 21.8. The summed E-state index contributed by atoms with van der Waals surface area (Å²) >= 11 is 0. The third-order valence-electron chi connectivity index (χ3n) is 5.13. The van der Waals surface area contributed by atoms with Crippen molar-refractivity contribution >= 4 is 16.8 Å². The molecule has 4 aromatic rings. The van der Waals surface area contributed by atoms with Crippen LogP contribution in [-0.4, -0.2) is 32.0 Å². The van der Waals surface area contributed by atoms with Gasteiger partial charge in [-0.15, -0.1) is 0 Å². The Labute approximate surface area is 180 Å². The number of rotatable bonds is 7. The summed E-state index contributed by atoms with van der Waals surface area (Å²) in [4.78, 5) is 25.8. The molecule has 2 heterocycles. The van der Waals surface area contributed by atoms with Gasteiger partial charge in [-0.05, 0) is 30.0 Å². The van der Waals surface area contributed by atoms with E-state index in [1.54, 1.807) is 10.9 Å². The van der Waals surface area contributed by atoms with E-state index in [0.29, 0.717) is 17.4 Å². The molecule has 0 fully saturated rings. The van der Waals surface area contributed by atoms with Crippen molar-refractivity contribution in [1.29, 1.82) is 0 Å². The second-order valence-corrected chi connectivity index (χ2v) is 7.74. The van der Waals surface area contributed by atoms with Crippen molar-refractivity contribution < 1.29 is 4.79 Å². The summed E-state index contributed by atoms with van der Waals surface area (Å²) in [5.41, 5.74) is 2.78. The van der Waals surface area contributed by atoms with Gasteiger partial charge in [-0.25, -0.2) is 9.36 Å². The van der Waals surface area contributed by atoms with Crippen LogP contribution < -0.4 is 10.9 Å². The fraction of sp³-hybridized carbons (Fsp3) is 0.250. The Bertz CT molecular complexity index is 1240. The third kappa shape index (κ3) is 4.40. The van der Waals surface area contributed by atoms with Gasteiger partial charge < -0.3 is 5.32 Å².